The summed E-state index contributed by atoms with van der Waals surface area (Å²) >= 11 is 0. The fourth-order valence-corrected chi connectivity index (χ4v) is 7.75. The van der Waals surface area contributed by atoms with Crippen LogP contribution in [0.2, 0.25) is 0 Å². The summed E-state index contributed by atoms with van der Waals surface area (Å²) in [6.07, 6.45) is 0. The van der Waals surface area contributed by atoms with Crippen molar-refractivity contribution in [2.24, 2.45) is 0 Å². The van der Waals surface area contributed by atoms with Crippen LogP contribution in [0.3, 0.4) is 0 Å². The van der Waals surface area contributed by atoms with Crippen LogP contribution in [0.4, 0.5) is 0 Å². The third-order valence-electron chi connectivity index (χ3n) is 10.3. The lowest BCUT2D eigenvalue weighted by atomic mass is 9.95. The zero-order valence-corrected chi connectivity index (χ0v) is 28.9. The quantitative estimate of drug-likeness (QED) is 0.168. The highest BCUT2D eigenvalue weighted by molar-refractivity contribution is 6.19. The molecule has 0 radical (unpaired) electrons. The molecular formula is C48H29N5O. The fraction of sp³-hybridized carbons (Fsp3) is 0. The Labute approximate surface area is 309 Å². The second-order valence-corrected chi connectivity index (χ2v) is 13.5. The van der Waals surface area contributed by atoms with E-state index in [1.54, 1.807) is 4.80 Å². The maximum atomic E-state index is 6.32. The summed E-state index contributed by atoms with van der Waals surface area (Å²) in [6, 6.07) is 60.4. The Balaban J connectivity index is 1.17. The van der Waals surface area contributed by atoms with Crippen LogP contribution in [0.5, 0.6) is 0 Å². The molecule has 8 aromatic carbocycles. The van der Waals surface area contributed by atoms with E-state index in [-0.39, 0.29) is 0 Å². The molecule has 6 nitrogen and oxygen atoms in total. The molecule has 54 heavy (non-hydrogen) atoms. The molecule has 0 N–H and O–H groups in total. The molecule has 0 aliphatic heterocycles. The highest BCUT2D eigenvalue weighted by atomic mass is 16.3. The van der Waals surface area contributed by atoms with Crippen molar-refractivity contribution >= 4 is 54.5 Å². The van der Waals surface area contributed by atoms with Crippen molar-refractivity contribution in [3.05, 3.63) is 176 Å². The number of fused-ring (bicyclic) bond motifs is 8. The predicted octanol–water partition coefficient (Wildman–Crippen LogP) is 12.1. The SMILES string of the molecule is c1ccc(-c2ccccc2-c2cc(-c3cccc4oc5ccccc5c34)nc(-c3ccc4ccc5ccc6nn(-c7ccccc7)nc6c5c4c3)n2)cc1. The molecule has 0 saturated heterocycles. The molecule has 0 atom stereocenters. The first-order chi connectivity index (χ1) is 26.7. The van der Waals surface area contributed by atoms with E-state index < -0.39 is 0 Å². The summed E-state index contributed by atoms with van der Waals surface area (Å²) in [5.41, 5.74) is 11.1. The number of hydrogen-bond acceptors (Lipinski definition) is 5. The number of nitrogens with zero attached hydrogens (tertiary/aromatic N) is 5. The molecule has 0 aliphatic rings. The standard InChI is InChI=1S/C48H29N5O/c1-3-12-30(13-4-1)35-16-7-8-17-36(35)41-29-42(37-19-11-21-44-46(37)38-18-9-10-20-43(38)54-44)50-48(49-41)33-25-23-31-22-24-32-26-27-40-47(45(32)39(31)28-33)52-53(51-40)34-14-5-2-6-15-34/h1-29H. The molecule has 0 unspecified atom stereocenters. The summed E-state index contributed by atoms with van der Waals surface area (Å²) in [4.78, 5) is 12.4. The molecular weight excluding hydrogens is 663 g/mol. The average molecular weight is 692 g/mol. The highest BCUT2D eigenvalue weighted by Crippen LogP contribution is 2.40. The van der Waals surface area contributed by atoms with Crippen LogP contribution in [-0.4, -0.2) is 25.0 Å². The summed E-state index contributed by atoms with van der Waals surface area (Å²) < 4.78 is 6.32. The lowest BCUT2D eigenvalue weighted by Crippen LogP contribution is -1.97. The van der Waals surface area contributed by atoms with Crippen molar-refractivity contribution in [1.82, 2.24) is 25.0 Å². The van der Waals surface area contributed by atoms with Gasteiger partial charge in [0.15, 0.2) is 5.82 Å². The van der Waals surface area contributed by atoms with Gasteiger partial charge in [-0.1, -0.05) is 133 Å². The molecule has 11 aromatic rings. The van der Waals surface area contributed by atoms with E-state index in [2.05, 4.69) is 109 Å². The van der Waals surface area contributed by atoms with E-state index in [1.165, 1.54) is 0 Å². The number of hydrogen-bond donors (Lipinski definition) is 0. The molecule has 3 aromatic heterocycles. The molecule has 6 heteroatoms. The second-order valence-electron chi connectivity index (χ2n) is 13.5. The van der Waals surface area contributed by atoms with Crippen molar-refractivity contribution in [3.8, 4) is 50.7 Å². The Morgan fingerprint density at radius 2 is 1.09 bits per heavy atom. The topological polar surface area (TPSA) is 69.6 Å². The zero-order chi connectivity index (χ0) is 35.6. The molecule has 3 heterocycles. The van der Waals surface area contributed by atoms with Gasteiger partial charge in [0.2, 0.25) is 0 Å². The summed E-state index contributed by atoms with van der Waals surface area (Å²) in [5, 5.41) is 16.3. The Hall–Kier alpha value is -7.44. The summed E-state index contributed by atoms with van der Waals surface area (Å²) in [5.74, 6) is 0.634. The minimum atomic E-state index is 0.634. The molecule has 0 fully saturated rings. The van der Waals surface area contributed by atoms with Crippen LogP contribution in [0.15, 0.2) is 180 Å². The van der Waals surface area contributed by atoms with Crippen LogP contribution in [0.25, 0.3) is 105 Å². The van der Waals surface area contributed by atoms with Crippen molar-refractivity contribution in [2.45, 2.75) is 0 Å². The Morgan fingerprint density at radius 3 is 1.96 bits per heavy atom. The first-order valence-electron chi connectivity index (χ1n) is 18.0. The molecule has 11 rings (SSSR count). The Bertz CT molecular complexity index is 3220. The molecule has 252 valence electrons. The third-order valence-corrected chi connectivity index (χ3v) is 10.3. The van der Waals surface area contributed by atoms with E-state index in [1.807, 2.05) is 66.7 Å². The van der Waals surface area contributed by atoms with E-state index in [0.29, 0.717) is 5.82 Å². The fourth-order valence-electron chi connectivity index (χ4n) is 7.75. The normalized spacial score (nSPS) is 11.7. The number of furan rings is 1. The van der Waals surface area contributed by atoms with E-state index in [0.717, 1.165) is 99.4 Å². The van der Waals surface area contributed by atoms with Crippen LogP contribution < -0.4 is 0 Å². The van der Waals surface area contributed by atoms with Gasteiger partial charge in [-0.05, 0) is 69.8 Å². The highest BCUT2D eigenvalue weighted by Gasteiger charge is 2.19. The van der Waals surface area contributed by atoms with E-state index in [4.69, 9.17) is 24.6 Å². The smallest absolute Gasteiger partial charge is 0.160 e. The first-order valence-corrected chi connectivity index (χ1v) is 18.0. The first kappa shape index (κ1) is 30.2. The van der Waals surface area contributed by atoms with Gasteiger partial charge in [0.05, 0.1) is 17.1 Å². The average Bonchev–Trinajstić information content (AvgIpc) is 3.86. The monoisotopic (exact) mass is 691 g/mol. The van der Waals surface area contributed by atoms with Crippen molar-refractivity contribution in [3.63, 3.8) is 0 Å². The van der Waals surface area contributed by atoms with Gasteiger partial charge in [0.1, 0.15) is 22.2 Å². The van der Waals surface area contributed by atoms with Crippen LogP contribution in [0, 0.1) is 0 Å². The van der Waals surface area contributed by atoms with E-state index in [9.17, 15) is 0 Å². The Kier molecular flexibility index (Phi) is 6.75. The van der Waals surface area contributed by atoms with Gasteiger partial charge >= 0.3 is 0 Å². The molecule has 0 bridgehead atoms. The van der Waals surface area contributed by atoms with Gasteiger partial charge in [0, 0.05) is 32.8 Å². The van der Waals surface area contributed by atoms with Gasteiger partial charge in [-0.2, -0.15) is 4.80 Å². The maximum absolute atomic E-state index is 6.32. The number of aromatic nitrogens is 5. The lowest BCUT2D eigenvalue weighted by Gasteiger charge is -2.14. The maximum Gasteiger partial charge on any atom is 0.160 e. The summed E-state index contributed by atoms with van der Waals surface area (Å²) in [6.45, 7) is 0. The van der Waals surface area contributed by atoms with Crippen LogP contribution >= 0.6 is 0 Å². The third kappa shape index (κ3) is 4.89. The van der Waals surface area contributed by atoms with Crippen LogP contribution in [0.1, 0.15) is 0 Å². The van der Waals surface area contributed by atoms with Crippen molar-refractivity contribution in [1.29, 1.82) is 0 Å². The van der Waals surface area contributed by atoms with Gasteiger partial charge in [-0.3, -0.25) is 0 Å². The lowest BCUT2D eigenvalue weighted by molar-refractivity contribution is 0.669. The molecule has 0 saturated carbocycles. The van der Waals surface area contributed by atoms with Crippen molar-refractivity contribution in [2.75, 3.05) is 0 Å². The van der Waals surface area contributed by atoms with E-state index >= 15 is 0 Å². The summed E-state index contributed by atoms with van der Waals surface area (Å²) in [7, 11) is 0. The van der Waals surface area contributed by atoms with Gasteiger partial charge in [-0.25, -0.2) is 9.97 Å². The second kappa shape index (κ2) is 12.1. The largest absolute Gasteiger partial charge is 0.456 e. The molecule has 0 amide bonds. The molecule has 0 aliphatic carbocycles. The molecule has 0 spiro atoms. The van der Waals surface area contributed by atoms with Crippen LogP contribution in [-0.2, 0) is 0 Å². The minimum absolute atomic E-state index is 0.634. The number of para-hydroxylation sites is 2. The Morgan fingerprint density at radius 1 is 0.426 bits per heavy atom. The zero-order valence-electron chi connectivity index (χ0n) is 28.9. The van der Waals surface area contributed by atoms with Crippen molar-refractivity contribution < 1.29 is 4.42 Å². The van der Waals surface area contributed by atoms with Gasteiger partial charge in [-0.15, -0.1) is 10.2 Å². The van der Waals surface area contributed by atoms with Gasteiger partial charge < -0.3 is 4.42 Å². The minimum Gasteiger partial charge on any atom is -0.456 e. The number of rotatable bonds is 5. The van der Waals surface area contributed by atoms with Gasteiger partial charge in [0.25, 0.3) is 0 Å². The number of benzene rings is 8. The predicted molar refractivity (Wildman–Crippen MR) is 218 cm³/mol.